The third kappa shape index (κ3) is 3.72. The Kier molecular flexibility index (Phi) is 4.42. The monoisotopic (exact) mass is 360 g/mol. The molecule has 136 valence electrons. The quantitative estimate of drug-likeness (QED) is 0.685. The highest BCUT2D eigenvalue weighted by atomic mass is 16.7. The molecule has 0 radical (unpaired) electrons. The Labute approximate surface area is 157 Å². The van der Waals surface area contributed by atoms with Gasteiger partial charge in [-0.3, -0.25) is 4.79 Å². The van der Waals surface area contributed by atoms with E-state index in [1.165, 1.54) is 11.1 Å². The molecule has 0 unspecified atom stereocenters. The molecule has 0 fully saturated rings. The number of aryl methyl sites for hydroxylation is 2. The summed E-state index contributed by atoms with van der Waals surface area (Å²) in [6, 6.07) is 19.1. The molecule has 1 amide bonds. The number of fused-ring (bicyclic) bond motifs is 1. The first kappa shape index (κ1) is 17.0. The van der Waals surface area contributed by atoms with Gasteiger partial charge in [0.2, 0.25) is 6.79 Å². The van der Waals surface area contributed by atoms with Crippen molar-refractivity contribution in [1.29, 1.82) is 0 Å². The van der Waals surface area contributed by atoms with Crippen LogP contribution in [0, 0.1) is 13.8 Å². The van der Waals surface area contributed by atoms with E-state index in [-0.39, 0.29) is 12.7 Å². The van der Waals surface area contributed by atoms with Gasteiger partial charge in [0.1, 0.15) is 0 Å². The van der Waals surface area contributed by atoms with Crippen molar-refractivity contribution in [3.05, 3.63) is 77.4 Å². The van der Waals surface area contributed by atoms with E-state index in [0.29, 0.717) is 17.1 Å². The second-order valence-corrected chi connectivity index (χ2v) is 6.54. The van der Waals surface area contributed by atoms with Crippen molar-refractivity contribution in [1.82, 2.24) is 0 Å². The number of rotatable bonds is 4. The highest BCUT2D eigenvalue weighted by molar-refractivity contribution is 6.04. The lowest BCUT2D eigenvalue weighted by Crippen LogP contribution is -2.11. The Morgan fingerprint density at radius 1 is 0.852 bits per heavy atom. The topological polar surface area (TPSA) is 59.6 Å². The van der Waals surface area contributed by atoms with E-state index < -0.39 is 0 Å². The Morgan fingerprint density at radius 3 is 2.37 bits per heavy atom. The van der Waals surface area contributed by atoms with Crippen LogP contribution in [0.5, 0.6) is 11.5 Å². The van der Waals surface area contributed by atoms with Crippen molar-refractivity contribution in [3.8, 4) is 11.5 Å². The van der Waals surface area contributed by atoms with E-state index in [0.717, 1.165) is 17.1 Å². The summed E-state index contributed by atoms with van der Waals surface area (Å²) in [5.74, 6) is 1.06. The molecule has 0 spiro atoms. The van der Waals surface area contributed by atoms with Crippen LogP contribution in [0.2, 0.25) is 0 Å². The van der Waals surface area contributed by atoms with Crippen molar-refractivity contribution in [2.75, 3.05) is 17.4 Å². The zero-order chi connectivity index (χ0) is 18.8. The summed E-state index contributed by atoms with van der Waals surface area (Å²) in [4.78, 5) is 12.4. The van der Waals surface area contributed by atoms with Gasteiger partial charge in [-0.05, 0) is 67.9 Å². The lowest BCUT2D eigenvalue weighted by Gasteiger charge is -2.11. The Hall–Kier alpha value is -3.47. The van der Waals surface area contributed by atoms with Crippen molar-refractivity contribution in [3.63, 3.8) is 0 Å². The van der Waals surface area contributed by atoms with E-state index in [1.54, 1.807) is 18.2 Å². The average molecular weight is 360 g/mol. The average Bonchev–Trinajstić information content (AvgIpc) is 3.13. The standard InChI is InChI=1S/C22H20N2O3/c1-14-3-9-19(15(2)11-14)23-17-5-7-18(8-6-17)24-22(25)16-4-10-20-21(12-16)27-13-26-20/h3-12,23H,13H2,1-2H3,(H,24,25). The van der Waals surface area contributed by atoms with Gasteiger partial charge in [0.05, 0.1) is 0 Å². The van der Waals surface area contributed by atoms with Crippen LogP contribution >= 0.6 is 0 Å². The minimum absolute atomic E-state index is 0.190. The fourth-order valence-electron chi connectivity index (χ4n) is 2.99. The van der Waals surface area contributed by atoms with Crippen molar-refractivity contribution in [2.24, 2.45) is 0 Å². The lowest BCUT2D eigenvalue weighted by molar-refractivity contribution is 0.102. The molecule has 0 saturated heterocycles. The maximum absolute atomic E-state index is 12.4. The van der Waals surface area contributed by atoms with E-state index in [1.807, 2.05) is 24.3 Å². The molecule has 5 nitrogen and oxygen atoms in total. The van der Waals surface area contributed by atoms with Gasteiger partial charge in [0.15, 0.2) is 11.5 Å². The zero-order valence-electron chi connectivity index (χ0n) is 15.2. The molecule has 0 saturated carbocycles. The Balaban J connectivity index is 1.43. The van der Waals surface area contributed by atoms with Crippen molar-refractivity contribution >= 4 is 23.0 Å². The van der Waals surface area contributed by atoms with Crippen LogP contribution in [0.15, 0.2) is 60.7 Å². The van der Waals surface area contributed by atoms with Gasteiger partial charge in [0.25, 0.3) is 5.91 Å². The molecule has 27 heavy (non-hydrogen) atoms. The molecule has 3 aromatic carbocycles. The fourth-order valence-corrected chi connectivity index (χ4v) is 2.99. The van der Waals surface area contributed by atoms with E-state index in [9.17, 15) is 4.79 Å². The van der Waals surface area contributed by atoms with E-state index in [2.05, 4.69) is 42.7 Å². The third-order valence-corrected chi connectivity index (χ3v) is 4.44. The molecule has 1 aliphatic heterocycles. The molecule has 1 heterocycles. The molecule has 5 heteroatoms. The van der Waals surface area contributed by atoms with Crippen LogP contribution in [0.3, 0.4) is 0 Å². The molecule has 3 aromatic rings. The first-order valence-electron chi connectivity index (χ1n) is 8.74. The first-order valence-corrected chi connectivity index (χ1v) is 8.74. The molecule has 0 bridgehead atoms. The normalized spacial score (nSPS) is 11.9. The molecule has 0 aromatic heterocycles. The number of nitrogens with one attached hydrogen (secondary N) is 2. The lowest BCUT2D eigenvalue weighted by atomic mass is 10.1. The van der Waals surface area contributed by atoms with Crippen molar-refractivity contribution in [2.45, 2.75) is 13.8 Å². The second kappa shape index (κ2) is 7.03. The van der Waals surface area contributed by atoms with Gasteiger partial charge in [0, 0.05) is 22.6 Å². The number of carbonyl (C=O) groups excluding carboxylic acids is 1. The highest BCUT2D eigenvalue weighted by Crippen LogP contribution is 2.32. The van der Waals surface area contributed by atoms with Crippen LogP contribution in [-0.2, 0) is 0 Å². The van der Waals surface area contributed by atoms with Crippen LogP contribution in [0.4, 0.5) is 17.1 Å². The maximum Gasteiger partial charge on any atom is 0.255 e. The molecule has 4 rings (SSSR count). The number of carbonyl (C=O) groups is 1. The second-order valence-electron chi connectivity index (χ2n) is 6.54. The summed E-state index contributed by atoms with van der Waals surface area (Å²) in [7, 11) is 0. The largest absolute Gasteiger partial charge is 0.454 e. The van der Waals surface area contributed by atoms with Gasteiger partial charge in [-0.25, -0.2) is 0 Å². The predicted molar refractivity (Wildman–Crippen MR) is 106 cm³/mol. The Morgan fingerprint density at radius 2 is 1.59 bits per heavy atom. The summed E-state index contributed by atoms with van der Waals surface area (Å²) in [5.41, 5.74) is 5.70. The maximum atomic E-state index is 12.4. The minimum Gasteiger partial charge on any atom is -0.454 e. The number of ether oxygens (including phenoxy) is 2. The molecular formula is C22H20N2O3. The van der Waals surface area contributed by atoms with Crippen LogP contribution in [-0.4, -0.2) is 12.7 Å². The van der Waals surface area contributed by atoms with Gasteiger partial charge in [-0.1, -0.05) is 17.7 Å². The summed E-state index contributed by atoms with van der Waals surface area (Å²) in [5, 5.41) is 6.29. The fraction of sp³-hybridized carbons (Fsp3) is 0.136. The zero-order valence-corrected chi connectivity index (χ0v) is 15.2. The van der Waals surface area contributed by atoms with E-state index in [4.69, 9.17) is 9.47 Å². The van der Waals surface area contributed by atoms with Gasteiger partial charge >= 0.3 is 0 Å². The minimum atomic E-state index is -0.191. The first-order chi connectivity index (χ1) is 13.1. The van der Waals surface area contributed by atoms with E-state index >= 15 is 0 Å². The summed E-state index contributed by atoms with van der Waals surface area (Å²) in [6.07, 6.45) is 0. The number of hydrogen-bond donors (Lipinski definition) is 2. The summed E-state index contributed by atoms with van der Waals surface area (Å²) < 4.78 is 10.6. The molecule has 0 aliphatic carbocycles. The highest BCUT2D eigenvalue weighted by Gasteiger charge is 2.16. The smallest absolute Gasteiger partial charge is 0.255 e. The predicted octanol–water partition coefficient (Wildman–Crippen LogP) is 5.03. The molecule has 1 aliphatic rings. The summed E-state index contributed by atoms with van der Waals surface area (Å²) in [6.45, 7) is 4.35. The number of benzene rings is 3. The van der Waals surface area contributed by atoms with Gasteiger partial charge < -0.3 is 20.1 Å². The molecule has 0 atom stereocenters. The van der Waals surface area contributed by atoms with Gasteiger partial charge in [-0.2, -0.15) is 0 Å². The van der Waals surface area contributed by atoms with Crippen LogP contribution in [0.25, 0.3) is 0 Å². The molecule has 2 N–H and O–H groups in total. The van der Waals surface area contributed by atoms with Crippen LogP contribution < -0.4 is 20.1 Å². The third-order valence-electron chi connectivity index (χ3n) is 4.44. The SMILES string of the molecule is Cc1ccc(Nc2ccc(NC(=O)c3ccc4c(c3)OCO4)cc2)c(C)c1. The van der Waals surface area contributed by atoms with Crippen molar-refractivity contribution < 1.29 is 14.3 Å². The number of anilines is 3. The van der Waals surface area contributed by atoms with Crippen LogP contribution in [0.1, 0.15) is 21.5 Å². The summed E-state index contributed by atoms with van der Waals surface area (Å²) >= 11 is 0. The number of hydrogen-bond acceptors (Lipinski definition) is 4. The molecular weight excluding hydrogens is 340 g/mol. The Bertz CT molecular complexity index is 997. The number of amides is 1. The van der Waals surface area contributed by atoms with Gasteiger partial charge in [-0.15, -0.1) is 0 Å².